The fourth-order valence-electron chi connectivity index (χ4n) is 1.85. The normalized spacial score (nSPS) is 26.0. The van der Waals surface area contributed by atoms with Crippen LogP contribution in [-0.4, -0.2) is 28.6 Å². The summed E-state index contributed by atoms with van der Waals surface area (Å²) in [4.78, 5) is 2.46. The van der Waals surface area contributed by atoms with Crippen LogP contribution >= 0.6 is 12.2 Å². The average Bonchev–Trinajstić information content (AvgIpc) is 2.93. The summed E-state index contributed by atoms with van der Waals surface area (Å²) in [6.07, 6.45) is 8.22. The molecule has 3 saturated carbocycles. The van der Waals surface area contributed by atoms with Crippen molar-refractivity contribution in [3.63, 3.8) is 0 Å². The molecule has 1 N–H and O–H groups in total. The molecule has 0 radical (unpaired) electrons. The fourth-order valence-corrected chi connectivity index (χ4v) is 2.24. The number of hydrogen-bond acceptors (Lipinski definition) is 1. The molecular formula is C11H18N2S. The van der Waals surface area contributed by atoms with E-state index in [9.17, 15) is 0 Å². The van der Waals surface area contributed by atoms with E-state index in [4.69, 9.17) is 12.2 Å². The molecule has 0 aliphatic heterocycles. The molecule has 2 nitrogen and oxygen atoms in total. The summed E-state index contributed by atoms with van der Waals surface area (Å²) in [7, 11) is 0. The molecule has 0 atom stereocenters. The summed E-state index contributed by atoms with van der Waals surface area (Å²) >= 11 is 5.47. The number of nitrogens with one attached hydrogen (secondary N) is 1. The van der Waals surface area contributed by atoms with Crippen LogP contribution in [0.5, 0.6) is 0 Å². The lowest BCUT2D eigenvalue weighted by Gasteiger charge is -2.25. The molecule has 0 unspecified atom stereocenters. The number of thiocarbonyl (C=S) groups is 1. The third-order valence-corrected chi connectivity index (χ3v) is 3.66. The average molecular weight is 210 g/mol. The van der Waals surface area contributed by atoms with E-state index in [1.165, 1.54) is 45.1 Å². The standard InChI is InChI=1S/C11H18N2S/c14-11(12-9-3-4-9)13(10-5-6-10)7-8-1-2-8/h8-10H,1-7H2,(H,12,14). The van der Waals surface area contributed by atoms with Crippen LogP contribution in [0, 0.1) is 5.92 Å². The van der Waals surface area contributed by atoms with E-state index in [1.54, 1.807) is 0 Å². The summed E-state index contributed by atoms with van der Waals surface area (Å²) in [6, 6.07) is 1.50. The molecule has 0 amide bonds. The van der Waals surface area contributed by atoms with Crippen LogP contribution in [-0.2, 0) is 0 Å². The van der Waals surface area contributed by atoms with Crippen molar-refractivity contribution >= 4 is 17.3 Å². The maximum absolute atomic E-state index is 5.47. The highest BCUT2D eigenvalue weighted by Crippen LogP contribution is 2.35. The highest BCUT2D eigenvalue weighted by molar-refractivity contribution is 7.80. The topological polar surface area (TPSA) is 15.3 Å². The van der Waals surface area contributed by atoms with E-state index in [1.807, 2.05) is 0 Å². The molecule has 78 valence electrons. The van der Waals surface area contributed by atoms with E-state index in [-0.39, 0.29) is 0 Å². The van der Waals surface area contributed by atoms with Crippen LogP contribution in [0.3, 0.4) is 0 Å². The van der Waals surface area contributed by atoms with Crippen LogP contribution in [0.4, 0.5) is 0 Å². The Morgan fingerprint density at radius 3 is 2.36 bits per heavy atom. The monoisotopic (exact) mass is 210 g/mol. The van der Waals surface area contributed by atoms with Gasteiger partial charge in [-0.25, -0.2) is 0 Å². The number of rotatable bonds is 4. The third kappa shape index (κ3) is 2.19. The first kappa shape index (κ1) is 8.96. The van der Waals surface area contributed by atoms with Gasteiger partial charge in [0, 0.05) is 18.6 Å². The summed E-state index contributed by atoms with van der Waals surface area (Å²) in [5.41, 5.74) is 0. The highest BCUT2D eigenvalue weighted by Gasteiger charge is 2.36. The molecule has 0 bridgehead atoms. The van der Waals surface area contributed by atoms with Crippen LogP contribution in [0.25, 0.3) is 0 Å². The van der Waals surface area contributed by atoms with Crippen LogP contribution in [0.15, 0.2) is 0 Å². The summed E-state index contributed by atoms with van der Waals surface area (Å²) in [5, 5.41) is 4.51. The second-order valence-corrected chi connectivity index (χ2v) is 5.44. The zero-order chi connectivity index (χ0) is 9.54. The Morgan fingerprint density at radius 1 is 1.14 bits per heavy atom. The van der Waals surface area contributed by atoms with E-state index in [2.05, 4.69) is 10.2 Å². The van der Waals surface area contributed by atoms with Gasteiger partial charge in [0.15, 0.2) is 5.11 Å². The maximum Gasteiger partial charge on any atom is 0.169 e. The van der Waals surface area contributed by atoms with Crippen LogP contribution < -0.4 is 5.32 Å². The molecule has 3 rings (SSSR count). The fraction of sp³-hybridized carbons (Fsp3) is 0.909. The van der Waals surface area contributed by atoms with Gasteiger partial charge in [0.1, 0.15) is 0 Å². The lowest BCUT2D eigenvalue weighted by molar-refractivity contribution is 0.384. The van der Waals surface area contributed by atoms with Gasteiger partial charge in [-0.1, -0.05) is 0 Å². The van der Waals surface area contributed by atoms with Gasteiger partial charge in [0.05, 0.1) is 0 Å². The Hall–Kier alpha value is -0.310. The van der Waals surface area contributed by atoms with Crippen molar-refractivity contribution in [2.45, 2.75) is 50.6 Å². The predicted molar refractivity (Wildman–Crippen MR) is 61.2 cm³/mol. The highest BCUT2D eigenvalue weighted by atomic mass is 32.1. The Labute approximate surface area is 91.0 Å². The SMILES string of the molecule is S=C(NC1CC1)N(CC1CC1)C1CC1. The summed E-state index contributed by atoms with van der Waals surface area (Å²) in [5.74, 6) is 0.953. The van der Waals surface area contributed by atoms with Gasteiger partial charge in [0.25, 0.3) is 0 Å². The van der Waals surface area contributed by atoms with Crippen molar-refractivity contribution < 1.29 is 0 Å². The summed E-state index contributed by atoms with van der Waals surface area (Å²) in [6.45, 7) is 1.23. The minimum atomic E-state index is 0.711. The number of nitrogens with zero attached hydrogens (tertiary/aromatic N) is 1. The summed E-state index contributed by atoms with van der Waals surface area (Å²) < 4.78 is 0. The lowest BCUT2D eigenvalue weighted by atomic mass is 10.3. The first-order chi connectivity index (χ1) is 6.83. The third-order valence-electron chi connectivity index (χ3n) is 3.31. The predicted octanol–water partition coefficient (Wildman–Crippen LogP) is 1.90. The van der Waals surface area contributed by atoms with Gasteiger partial charge in [-0.3, -0.25) is 0 Å². The lowest BCUT2D eigenvalue weighted by Crippen LogP contribution is -2.43. The van der Waals surface area contributed by atoms with E-state index < -0.39 is 0 Å². The van der Waals surface area contributed by atoms with Crippen molar-refractivity contribution in [2.24, 2.45) is 5.92 Å². The van der Waals surface area contributed by atoms with Crippen molar-refractivity contribution in [2.75, 3.05) is 6.54 Å². The number of hydrogen-bond donors (Lipinski definition) is 1. The molecule has 0 saturated heterocycles. The molecule has 0 spiro atoms. The van der Waals surface area contributed by atoms with Gasteiger partial charge < -0.3 is 10.2 Å². The Kier molecular flexibility index (Phi) is 2.15. The van der Waals surface area contributed by atoms with Crippen molar-refractivity contribution in [3.8, 4) is 0 Å². The maximum atomic E-state index is 5.47. The van der Waals surface area contributed by atoms with Crippen molar-refractivity contribution in [1.29, 1.82) is 0 Å². The zero-order valence-electron chi connectivity index (χ0n) is 8.54. The largest absolute Gasteiger partial charge is 0.360 e. The van der Waals surface area contributed by atoms with Crippen molar-refractivity contribution in [1.82, 2.24) is 10.2 Å². The minimum Gasteiger partial charge on any atom is -0.360 e. The first-order valence-corrected chi connectivity index (χ1v) is 6.31. The molecule has 3 heteroatoms. The molecule has 0 aromatic heterocycles. The van der Waals surface area contributed by atoms with Gasteiger partial charge in [-0.05, 0) is 56.7 Å². The van der Waals surface area contributed by atoms with E-state index in [0.717, 1.165) is 17.1 Å². The zero-order valence-corrected chi connectivity index (χ0v) is 9.35. The Morgan fingerprint density at radius 2 is 1.86 bits per heavy atom. The molecule has 0 aromatic rings. The first-order valence-electron chi connectivity index (χ1n) is 5.90. The second-order valence-electron chi connectivity index (χ2n) is 5.05. The Bertz CT molecular complexity index is 242. The van der Waals surface area contributed by atoms with E-state index >= 15 is 0 Å². The molecule has 0 heterocycles. The van der Waals surface area contributed by atoms with Crippen molar-refractivity contribution in [3.05, 3.63) is 0 Å². The van der Waals surface area contributed by atoms with Gasteiger partial charge >= 0.3 is 0 Å². The molecule has 0 aromatic carbocycles. The Balaban J connectivity index is 1.54. The molecule has 14 heavy (non-hydrogen) atoms. The molecular weight excluding hydrogens is 192 g/mol. The van der Waals surface area contributed by atoms with Gasteiger partial charge in [0.2, 0.25) is 0 Å². The van der Waals surface area contributed by atoms with E-state index in [0.29, 0.717) is 6.04 Å². The molecule has 3 aliphatic carbocycles. The van der Waals surface area contributed by atoms with Crippen LogP contribution in [0.2, 0.25) is 0 Å². The molecule has 3 fully saturated rings. The van der Waals surface area contributed by atoms with Gasteiger partial charge in [-0.15, -0.1) is 0 Å². The molecule has 3 aliphatic rings. The minimum absolute atomic E-state index is 0.711. The smallest absolute Gasteiger partial charge is 0.169 e. The van der Waals surface area contributed by atoms with Gasteiger partial charge in [-0.2, -0.15) is 0 Å². The quantitative estimate of drug-likeness (QED) is 0.713. The second kappa shape index (κ2) is 3.37. The van der Waals surface area contributed by atoms with Crippen LogP contribution in [0.1, 0.15) is 38.5 Å².